The van der Waals surface area contributed by atoms with Gasteiger partial charge in [-0.15, -0.1) is 0 Å². The Morgan fingerprint density at radius 3 is 2.29 bits per heavy atom. The van der Waals surface area contributed by atoms with Gasteiger partial charge in [0.2, 0.25) is 15.9 Å². The molecule has 0 radical (unpaired) electrons. The molecule has 0 heterocycles. The maximum absolute atomic E-state index is 12.0. The number of anilines is 1. The van der Waals surface area contributed by atoms with Crippen LogP contribution in [0.25, 0.3) is 0 Å². The highest BCUT2D eigenvalue weighted by molar-refractivity contribution is 7.88. The van der Waals surface area contributed by atoms with Crippen LogP contribution in [0.15, 0.2) is 18.2 Å². The molecule has 0 atom stereocenters. The fraction of sp³-hybridized carbons (Fsp3) is 0.462. The highest BCUT2D eigenvalue weighted by atomic mass is 35.5. The van der Waals surface area contributed by atoms with Gasteiger partial charge in [-0.3, -0.25) is 4.79 Å². The summed E-state index contributed by atoms with van der Waals surface area (Å²) >= 11 is 11.7. The second-order valence-electron chi connectivity index (χ2n) is 4.66. The Hall–Kier alpha value is -0.820. The van der Waals surface area contributed by atoms with E-state index in [9.17, 15) is 13.2 Å². The number of nitrogens with zero attached hydrogens (tertiary/aromatic N) is 1. The fourth-order valence-corrected chi connectivity index (χ4v) is 3.02. The van der Waals surface area contributed by atoms with Crippen molar-refractivity contribution in [1.29, 1.82) is 0 Å². The van der Waals surface area contributed by atoms with Crippen LogP contribution in [0.4, 0.5) is 5.69 Å². The molecule has 1 aromatic rings. The first-order chi connectivity index (χ1) is 9.72. The summed E-state index contributed by atoms with van der Waals surface area (Å²) in [6.07, 6.45) is 2.63. The molecule has 21 heavy (non-hydrogen) atoms. The Labute approximate surface area is 135 Å². The molecule has 0 spiro atoms. The number of sulfonamides is 1. The smallest absolute Gasteiger partial charge is 0.239 e. The molecule has 0 aliphatic carbocycles. The number of halogens is 2. The maximum atomic E-state index is 12.0. The lowest BCUT2D eigenvalue weighted by atomic mass is 10.3. The molecule has 118 valence electrons. The van der Waals surface area contributed by atoms with Gasteiger partial charge >= 0.3 is 0 Å². The SMILES string of the molecule is CCCCN(CC(=O)Nc1cc(Cl)cc(Cl)c1)S(C)(=O)=O. The van der Waals surface area contributed by atoms with E-state index in [1.807, 2.05) is 6.92 Å². The number of hydrogen-bond donors (Lipinski definition) is 1. The van der Waals surface area contributed by atoms with Crippen molar-refractivity contribution in [3.05, 3.63) is 28.2 Å². The number of unbranched alkanes of at least 4 members (excludes halogenated alkanes) is 1. The Kier molecular flexibility index (Phi) is 6.93. The summed E-state index contributed by atoms with van der Waals surface area (Å²) < 4.78 is 24.4. The average Bonchev–Trinajstić information content (AvgIpc) is 2.31. The van der Waals surface area contributed by atoms with E-state index in [0.29, 0.717) is 28.7 Å². The molecule has 0 saturated heterocycles. The summed E-state index contributed by atoms with van der Waals surface area (Å²) in [6, 6.07) is 4.63. The van der Waals surface area contributed by atoms with Gasteiger partial charge in [0.25, 0.3) is 0 Å². The number of carbonyl (C=O) groups is 1. The van der Waals surface area contributed by atoms with Gasteiger partial charge in [-0.25, -0.2) is 8.42 Å². The van der Waals surface area contributed by atoms with E-state index >= 15 is 0 Å². The second kappa shape index (κ2) is 7.98. The van der Waals surface area contributed by atoms with Crippen molar-refractivity contribution in [1.82, 2.24) is 4.31 Å². The Morgan fingerprint density at radius 1 is 1.24 bits per heavy atom. The minimum Gasteiger partial charge on any atom is -0.325 e. The predicted octanol–water partition coefficient (Wildman–Crippen LogP) is 2.99. The second-order valence-corrected chi connectivity index (χ2v) is 7.51. The molecular weight excluding hydrogens is 335 g/mol. The maximum Gasteiger partial charge on any atom is 0.239 e. The molecule has 8 heteroatoms. The molecule has 5 nitrogen and oxygen atoms in total. The van der Waals surface area contributed by atoms with Gasteiger partial charge in [0.15, 0.2) is 0 Å². The van der Waals surface area contributed by atoms with E-state index in [-0.39, 0.29) is 6.54 Å². The zero-order chi connectivity index (χ0) is 16.0. The molecule has 0 saturated carbocycles. The number of carbonyl (C=O) groups excluding carboxylic acids is 1. The van der Waals surface area contributed by atoms with Crippen LogP contribution in [0.5, 0.6) is 0 Å². The molecule has 1 aromatic carbocycles. The van der Waals surface area contributed by atoms with E-state index in [4.69, 9.17) is 23.2 Å². The van der Waals surface area contributed by atoms with E-state index < -0.39 is 15.9 Å². The van der Waals surface area contributed by atoms with Crippen molar-refractivity contribution in [3.8, 4) is 0 Å². The van der Waals surface area contributed by atoms with Gasteiger partial charge in [-0.05, 0) is 24.6 Å². The zero-order valence-electron chi connectivity index (χ0n) is 11.9. The van der Waals surface area contributed by atoms with Crippen molar-refractivity contribution in [2.45, 2.75) is 19.8 Å². The lowest BCUT2D eigenvalue weighted by molar-refractivity contribution is -0.116. The Balaban J connectivity index is 2.73. The standard InChI is InChI=1S/C13H18Cl2N2O3S/c1-3-4-5-17(21(2,19)20)9-13(18)16-12-7-10(14)6-11(15)8-12/h6-8H,3-5,9H2,1-2H3,(H,16,18). The third kappa shape index (κ3) is 6.65. The summed E-state index contributed by atoms with van der Waals surface area (Å²) in [6.45, 7) is 2.04. The third-order valence-electron chi connectivity index (χ3n) is 2.70. The molecule has 0 aliphatic heterocycles. The van der Waals surface area contributed by atoms with Crippen LogP contribution in [0.1, 0.15) is 19.8 Å². The van der Waals surface area contributed by atoms with Crippen LogP contribution in [0.2, 0.25) is 10.0 Å². The number of amides is 1. The summed E-state index contributed by atoms with van der Waals surface area (Å²) in [5.41, 5.74) is 0.432. The van der Waals surface area contributed by atoms with Crippen molar-refractivity contribution in [2.75, 3.05) is 24.7 Å². The van der Waals surface area contributed by atoms with E-state index in [1.54, 1.807) is 18.2 Å². The van der Waals surface area contributed by atoms with Crippen LogP contribution in [0.3, 0.4) is 0 Å². The van der Waals surface area contributed by atoms with Crippen LogP contribution < -0.4 is 5.32 Å². The zero-order valence-corrected chi connectivity index (χ0v) is 14.2. The highest BCUT2D eigenvalue weighted by Gasteiger charge is 2.19. The summed E-state index contributed by atoms with van der Waals surface area (Å²) in [7, 11) is -3.42. The minimum atomic E-state index is -3.42. The van der Waals surface area contributed by atoms with Gasteiger partial charge < -0.3 is 5.32 Å². The number of nitrogens with one attached hydrogen (secondary N) is 1. The summed E-state index contributed by atoms with van der Waals surface area (Å²) in [4.78, 5) is 12.0. The summed E-state index contributed by atoms with van der Waals surface area (Å²) in [5, 5.41) is 3.37. The van der Waals surface area contributed by atoms with Gasteiger partial charge in [0.1, 0.15) is 0 Å². The van der Waals surface area contributed by atoms with Crippen molar-refractivity contribution in [2.24, 2.45) is 0 Å². The molecule has 0 aliphatic rings. The lowest BCUT2D eigenvalue weighted by Crippen LogP contribution is -2.38. The molecular formula is C13H18Cl2N2O3S. The predicted molar refractivity (Wildman–Crippen MR) is 86.4 cm³/mol. The normalized spacial score (nSPS) is 11.7. The Bertz CT molecular complexity index is 585. The van der Waals surface area contributed by atoms with Crippen LogP contribution in [0, 0.1) is 0 Å². The van der Waals surface area contributed by atoms with Crippen molar-refractivity contribution >= 4 is 44.8 Å². The van der Waals surface area contributed by atoms with Gasteiger partial charge in [-0.2, -0.15) is 4.31 Å². The topological polar surface area (TPSA) is 66.5 Å². The molecule has 0 aromatic heterocycles. The molecule has 1 rings (SSSR count). The average molecular weight is 353 g/mol. The lowest BCUT2D eigenvalue weighted by Gasteiger charge is -2.19. The number of rotatable bonds is 7. The number of hydrogen-bond acceptors (Lipinski definition) is 3. The van der Waals surface area contributed by atoms with Gasteiger partial charge in [0, 0.05) is 22.3 Å². The van der Waals surface area contributed by atoms with Crippen molar-refractivity contribution < 1.29 is 13.2 Å². The largest absolute Gasteiger partial charge is 0.325 e. The van der Waals surface area contributed by atoms with E-state index in [2.05, 4.69) is 5.32 Å². The Morgan fingerprint density at radius 2 is 1.81 bits per heavy atom. The number of benzene rings is 1. The van der Waals surface area contributed by atoms with Crippen LogP contribution >= 0.6 is 23.2 Å². The molecule has 0 unspecified atom stereocenters. The van der Waals surface area contributed by atoms with E-state index in [0.717, 1.165) is 17.0 Å². The molecule has 0 bridgehead atoms. The first kappa shape index (κ1) is 18.2. The van der Waals surface area contributed by atoms with Gasteiger partial charge in [0.05, 0.1) is 12.8 Å². The first-order valence-electron chi connectivity index (χ1n) is 6.43. The monoisotopic (exact) mass is 352 g/mol. The van der Waals surface area contributed by atoms with Gasteiger partial charge in [-0.1, -0.05) is 36.5 Å². The van der Waals surface area contributed by atoms with E-state index in [1.165, 1.54) is 0 Å². The molecule has 1 N–H and O–H groups in total. The quantitative estimate of drug-likeness (QED) is 0.820. The first-order valence-corrected chi connectivity index (χ1v) is 9.04. The minimum absolute atomic E-state index is 0.233. The molecule has 1 amide bonds. The van der Waals surface area contributed by atoms with Crippen LogP contribution in [-0.2, 0) is 14.8 Å². The molecule has 0 fully saturated rings. The summed E-state index contributed by atoms with van der Waals surface area (Å²) in [5.74, 6) is -0.435. The van der Waals surface area contributed by atoms with Crippen LogP contribution in [-0.4, -0.2) is 38.0 Å². The van der Waals surface area contributed by atoms with Crippen molar-refractivity contribution in [3.63, 3.8) is 0 Å². The highest BCUT2D eigenvalue weighted by Crippen LogP contribution is 2.22. The fourth-order valence-electron chi connectivity index (χ4n) is 1.68. The third-order valence-corrected chi connectivity index (χ3v) is 4.38.